The zero-order valence-corrected chi connectivity index (χ0v) is 12.3. The highest BCUT2D eigenvalue weighted by atomic mass is 35.5. The first kappa shape index (κ1) is 16.4. The van der Waals surface area contributed by atoms with Crippen LogP contribution in [0.4, 0.5) is 9.18 Å². The molecule has 0 aromatic heterocycles. The number of nitrogens with one attached hydrogen (secondary N) is 2. The van der Waals surface area contributed by atoms with Crippen molar-refractivity contribution in [1.82, 2.24) is 15.5 Å². The Morgan fingerprint density at radius 1 is 1.45 bits per heavy atom. The van der Waals surface area contributed by atoms with Gasteiger partial charge in [-0.2, -0.15) is 0 Å². The van der Waals surface area contributed by atoms with Gasteiger partial charge in [-0.25, -0.2) is 9.18 Å². The molecular weight excluding hydrogens is 285 g/mol. The zero-order chi connectivity index (χ0) is 15.3. The van der Waals surface area contributed by atoms with Gasteiger partial charge in [0.15, 0.2) is 0 Å². The predicted octanol–water partition coefficient (Wildman–Crippen LogP) is 1.75. The number of hydrogen-bond donors (Lipinski definition) is 2. The van der Waals surface area contributed by atoms with E-state index < -0.39 is 23.8 Å². The van der Waals surface area contributed by atoms with Crippen molar-refractivity contribution >= 4 is 23.5 Å². The maximum Gasteiger partial charge on any atom is 0.321 e. The van der Waals surface area contributed by atoms with E-state index in [0.29, 0.717) is 10.6 Å². The molecule has 20 heavy (non-hydrogen) atoms. The molecule has 0 saturated carbocycles. The van der Waals surface area contributed by atoms with Gasteiger partial charge in [-0.1, -0.05) is 17.7 Å². The average molecular weight is 302 g/mol. The Balaban J connectivity index is 2.73. The molecule has 1 atom stereocenters. The van der Waals surface area contributed by atoms with Gasteiger partial charge in [0.2, 0.25) is 5.91 Å². The molecule has 0 aliphatic heterocycles. The van der Waals surface area contributed by atoms with Crippen LogP contribution in [0, 0.1) is 5.82 Å². The number of halogens is 2. The van der Waals surface area contributed by atoms with Gasteiger partial charge in [0.1, 0.15) is 5.82 Å². The molecule has 1 aromatic carbocycles. The first-order chi connectivity index (χ1) is 9.36. The second-order valence-corrected chi connectivity index (χ2v) is 4.77. The number of imide groups is 1. The van der Waals surface area contributed by atoms with Crippen LogP contribution in [0.3, 0.4) is 0 Å². The Morgan fingerprint density at radius 2 is 2.10 bits per heavy atom. The van der Waals surface area contributed by atoms with E-state index in [1.165, 1.54) is 19.2 Å². The Labute approximate surface area is 122 Å². The molecule has 5 nitrogen and oxygen atoms in total. The quantitative estimate of drug-likeness (QED) is 0.891. The summed E-state index contributed by atoms with van der Waals surface area (Å²) in [7, 11) is 3.06. The highest BCUT2D eigenvalue weighted by Gasteiger charge is 2.21. The van der Waals surface area contributed by atoms with Crippen LogP contribution in [0.1, 0.15) is 12.5 Å². The number of urea groups is 1. The molecule has 0 aliphatic carbocycles. The van der Waals surface area contributed by atoms with Crippen LogP contribution in [0.25, 0.3) is 0 Å². The number of carbonyl (C=O) groups is 2. The van der Waals surface area contributed by atoms with E-state index in [-0.39, 0.29) is 6.54 Å². The summed E-state index contributed by atoms with van der Waals surface area (Å²) in [6.45, 7) is 1.78. The summed E-state index contributed by atoms with van der Waals surface area (Å²) in [4.78, 5) is 24.4. The van der Waals surface area contributed by atoms with Crippen molar-refractivity contribution in [2.45, 2.75) is 19.5 Å². The second-order valence-electron chi connectivity index (χ2n) is 4.36. The standard InChI is InChI=1S/C13H17ClFN3O2/c1-8(12(19)17-13(20)16-2)18(3)7-9-10(14)5-4-6-11(9)15/h4-6,8H,7H2,1-3H3,(H2,16,17,19,20)/t8-/m1/s1. The number of hydrogen-bond acceptors (Lipinski definition) is 3. The molecule has 0 bridgehead atoms. The van der Waals surface area contributed by atoms with Crippen molar-refractivity contribution in [2.75, 3.05) is 14.1 Å². The van der Waals surface area contributed by atoms with E-state index in [9.17, 15) is 14.0 Å². The fourth-order valence-corrected chi connectivity index (χ4v) is 1.77. The number of benzene rings is 1. The third kappa shape index (κ3) is 4.18. The third-order valence-corrected chi connectivity index (χ3v) is 3.33. The Morgan fingerprint density at radius 3 is 2.65 bits per heavy atom. The van der Waals surface area contributed by atoms with E-state index in [2.05, 4.69) is 10.6 Å². The van der Waals surface area contributed by atoms with Crippen LogP contribution in [-0.4, -0.2) is 37.0 Å². The van der Waals surface area contributed by atoms with Gasteiger partial charge in [-0.15, -0.1) is 0 Å². The maximum atomic E-state index is 13.7. The maximum absolute atomic E-state index is 13.7. The summed E-state index contributed by atoms with van der Waals surface area (Å²) in [5, 5.41) is 4.76. The van der Waals surface area contributed by atoms with E-state index in [1.807, 2.05) is 0 Å². The average Bonchev–Trinajstić information content (AvgIpc) is 2.41. The van der Waals surface area contributed by atoms with E-state index >= 15 is 0 Å². The topological polar surface area (TPSA) is 61.4 Å². The summed E-state index contributed by atoms with van der Waals surface area (Å²) >= 11 is 5.93. The number of amides is 3. The van der Waals surface area contributed by atoms with Crippen LogP contribution < -0.4 is 10.6 Å². The van der Waals surface area contributed by atoms with E-state index in [1.54, 1.807) is 24.9 Å². The van der Waals surface area contributed by atoms with Gasteiger partial charge in [0, 0.05) is 24.2 Å². The smallest absolute Gasteiger partial charge is 0.321 e. The summed E-state index contributed by atoms with van der Waals surface area (Å²) in [6.07, 6.45) is 0. The lowest BCUT2D eigenvalue weighted by molar-refractivity contribution is -0.124. The first-order valence-corrected chi connectivity index (χ1v) is 6.40. The minimum Gasteiger partial charge on any atom is -0.341 e. The van der Waals surface area contributed by atoms with Crippen LogP contribution in [-0.2, 0) is 11.3 Å². The van der Waals surface area contributed by atoms with E-state index in [4.69, 9.17) is 11.6 Å². The molecule has 2 N–H and O–H groups in total. The van der Waals surface area contributed by atoms with Gasteiger partial charge in [0.25, 0.3) is 0 Å². The molecule has 0 spiro atoms. The van der Waals surface area contributed by atoms with Gasteiger partial charge in [0.05, 0.1) is 6.04 Å². The Bertz CT molecular complexity index is 490. The van der Waals surface area contributed by atoms with Crippen molar-refractivity contribution in [2.24, 2.45) is 0 Å². The fourth-order valence-electron chi connectivity index (χ4n) is 1.55. The summed E-state index contributed by atoms with van der Waals surface area (Å²) in [5.41, 5.74) is 0.316. The molecule has 0 radical (unpaired) electrons. The number of likely N-dealkylation sites (N-methyl/N-ethyl adjacent to an activating group) is 1. The number of rotatable bonds is 4. The van der Waals surface area contributed by atoms with Crippen LogP contribution in [0.5, 0.6) is 0 Å². The van der Waals surface area contributed by atoms with Crippen LogP contribution in [0.15, 0.2) is 18.2 Å². The van der Waals surface area contributed by atoms with Gasteiger partial charge < -0.3 is 5.32 Å². The van der Waals surface area contributed by atoms with E-state index in [0.717, 1.165) is 0 Å². The van der Waals surface area contributed by atoms with Crippen LogP contribution >= 0.6 is 11.6 Å². The Kier molecular flexibility index (Phi) is 5.91. The molecule has 1 aromatic rings. The van der Waals surface area contributed by atoms with Crippen molar-refractivity contribution < 1.29 is 14.0 Å². The molecule has 0 aliphatic rings. The van der Waals surface area contributed by atoms with Crippen molar-refractivity contribution in [3.05, 3.63) is 34.6 Å². The van der Waals surface area contributed by atoms with Crippen molar-refractivity contribution in [3.63, 3.8) is 0 Å². The molecule has 1 rings (SSSR count). The lowest BCUT2D eigenvalue weighted by Gasteiger charge is -2.24. The molecule has 7 heteroatoms. The zero-order valence-electron chi connectivity index (χ0n) is 11.5. The highest BCUT2D eigenvalue weighted by molar-refractivity contribution is 6.31. The fraction of sp³-hybridized carbons (Fsp3) is 0.385. The van der Waals surface area contributed by atoms with Crippen molar-refractivity contribution in [3.8, 4) is 0 Å². The minimum absolute atomic E-state index is 0.161. The molecule has 110 valence electrons. The van der Waals surface area contributed by atoms with Gasteiger partial charge >= 0.3 is 6.03 Å². The normalized spacial score (nSPS) is 12.1. The lowest BCUT2D eigenvalue weighted by atomic mass is 10.1. The van der Waals surface area contributed by atoms with Crippen LogP contribution in [0.2, 0.25) is 5.02 Å². The largest absolute Gasteiger partial charge is 0.341 e. The number of carbonyl (C=O) groups excluding carboxylic acids is 2. The van der Waals surface area contributed by atoms with Gasteiger partial charge in [-0.05, 0) is 26.1 Å². The molecule has 3 amide bonds. The van der Waals surface area contributed by atoms with Crippen molar-refractivity contribution in [1.29, 1.82) is 0 Å². The summed E-state index contributed by atoms with van der Waals surface area (Å²) in [6, 6.07) is 3.22. The molecular formula is C13H17ClFN3O2. The third-order valence-electron chi connectivity index (χ3n) is 2.97. The summed E-state index contributed by atoms with van der Waals surface area (Å²) in [5.74, 6) is -0.900. The lowest BCUT2D eigenvalue weighted by Crippen LogP contribution is -2.47. The van der Waals surface area contributed by atoms with Gasteiger partial charge in [-0.3, -0.25) is 15.0 Å². The Hall–Kier alpha value is -1.66. The molecule has 0 fully saturated rings. The molecule has 0 saturated heterocycles. The summed E-state index contributed by atoms with van der Waals surface area (Å²) < 4.78 is 13.7. The number of nitrogens with zero attached hydrogens (tertiary/aromatic N) is 1. The highest BCUT2D eigenvalue weighted by Crippen LogP contribution is 2.20. The molecule has 0 heterocycles. The SMILES string of the molecule is CNC(=O)NC(=O)[C@@H](C)N(C)Cc1c(F)cccc1Cl. The predicted molar refractivity (Wildman–Crippen MR) is 74.9 cm³/mol. The monoisotopic (exact) mass is 301 g/mol. The minimum atomic E-state index is -0.608. The second kappa shape index (κ2) is 7.21. The first-order valence-electron chi connectivity index (χ1n) is 6.02. The molecule has 0 unspecified atom stereocenters.